The normalized spacial score (nSPS) is 34.6. The summed E-state index contributed by atoms with van der Waals surface area (Å²) in [4.78, 5) is 14.6. The second-order valence-electron chi connectivity index (χ2n) is 6.98. The van der Waals surface area contributed by atoms with Crippen LogP contribution in [0.1, 0.15) is 39.0 Å². The summed E-state index contributed by atoms with van der Waals surface area (Å²) >= 11 is 0. The van der Waals surface area contributed by atoms with E-state index in [1.165, 1.54) is 25.7 Å². The van der Waals surface area contributed by atoms with Crippen LogP contribution >= 0.6 is 0 Å². The van der Waals surface area contributed by atoms with Crippen LogP contribution in [0.5, 0.6) is 0 Å². The molecular formula is C16H29N3O2. The maximum atomic E-state index is 12.2. The topological polar surface area (TPSA) is 53.6 Å². The monoisotopic (exact) mass is 295 g/mol. The summed E-state index contributed by atoms with van der Waals surface area (Å²) in [6.45, 7) is 6.54. The Morgan fingerprint density at radius 1 is 1.29 bits per heavy atom. The molecular weight excluding hydrogens is 266 g/mol. The highest BCUT2D eigenvalue weighted by Gasteiger charge is 2.34. The van der Waals surface area contributed by atoms with Crippen LogP contribution in [0.3, 0.4) is 0 Å². The highest BCUT2D eigenvalue weighted by atomic mass is 16.5. The van der Waals surface area contributed by atoms with Crippen molar-refractivity contribution < 1.29 is 9.53 Å². The summed E-state index contributed by atoms with van der Waals surface area (Å²) in [7, 11) is 0. The van der Waals surface area contributed by atoms with Crippen LogP contribution in [0.15, 0.2) is 0 Å². The second kappa shape index (κ2) is 7.07. The van der Waals surface area contributed by atoms with Gasteiger partial charge in [-0.1, -0.05) is 0 Å². The third-order valence-electron chi connectivity index (χ3n) is 5.31. The van der Waals surface area contributed by atoms with E-state index in [4.69, 9.17) is 4.74 Å². The molecule has 3 atom stereocenters. The molecule has 3 rings (SSSR count). The van der Waals surface area contributed by atoms with E-state index in [0.29, 0.717) is 30.5 Å². The van der Waals surface area contributed by atoms with E-state index in [0.717, 1.165) is 32.8 Å². The van der Waals surface area contributed by atoms with Crippen molar-refractivity contribution in [3.63, 3.8) is 0 Å². The SMILES string of the molecule is CC(CNC(=O)CC1CC2CCC(C1)N2)N1CCOCC1. The van der Waals surface area contributed by atoms with Gasteiger partial charge in [-0.15, -0.1) is 0 Å². The third-order valence-corrected chi connectivity index (χ3v) is 5.31. The number of morpholine rings is 1. The summed E-state index contributed by atoms with van der Waals surface area (Å²) in [6, 6.07) is 1.75. The molecule has 0 saturated carbocycles. The summed E-state index contributed by atoms with van der Waals surface area (Å²) in [5.41, 5.74) is 0. The predicted molar refractivity (Wildman–Crippen MR) is 82.2 cm³/mol. The van der Waals surface area contributed by atoms with Gasteiger partial charge in [0.2, 0.25) is 5.91 Å². The lowest BCUT2D eigenvalue weighted by molar-refractivity contribution is -0.122. The first kappa shape index (κ1) is 15.3. The molecule has 5 nitrogen and oxygen atoms in total. The molecule has 1 amide bonds. The Hall–Kier alpha value is -0.650. The van der Waals surface area contributed by atoms with Crippen molar-refractivity contribution >= 4 is 5.91 Å². The Morgan fingerprint density at radius 2 is 1.95 bits per heavy atom. The molecule has 3 saturated heterocycles. The number of hydrogen-bond donors (Lipinski definition) is 2. The Labute approximate surface area is 127 Å². The zero-order chi connectivity index (χ0) is 14.7. The van der Waals surface area contributed by atoms with E-state index in [1.54, 1.807) is 0 Å². The van der Waals surface area contributed by atoms with Crippen molar-refractivity contribution in [2.45, 2.75) is 57.2 Å². The Morgan fingerprint density at radius 3 is 2.62 bits per heavy atom. The van der Waals surface area contributed by atoms with Gasteiger partial charge in [0.05, 0.1) is 13.2 Å². The van der Waals surface area contributed by atoms with Gasteiger partial charge in [0.1, 0.15) is 0 Å². The van der Waals surface area contributed by atoms with Crippen molar-refractivity contribution in [1.29, 1.82) is 0 Å². The second-order valence-corrected chi connectivity index (χ2v) is 6.98. The van der Waals surface area contributed by atoms with E-state index in [-0.39, 0.29) is 5.91 Å². The lowest BCUT2D eigenvalue weighted by Crippen LogP contribution is -2.47. The summed E-state index contributed by atoms with van der Waals surface area (Å²) in [6.07, 6.45) is 5.68. The van der Waals surface area contributed by atoms with E-state index in [2.05, 4.69) is 22.5 Å². The van der Waals surface area contributed by atoms with Crippen LogP contribution in [-0.4, -0.2) is 61.8 Å². The van der Waals surface area contributed by atoms with E-state index in [9.17, 15) is 4.79 Å². The number of nitrogens with zero attached hydrogens (tertiary/aromatic N) is 1. The molecule has 21 heavy (non-hydrogen) atoms. The first-order valence-electron chi connectivity index (χ1n) is 8.55. The maximum Gasteiger partial charge on any atom is 0.220 e. The van der Waals surface area contributed by atoms with Crippen LogP contribution in [0, 0.1) is 5.92 Å². The van der Waals surface area contributed by atoms with Crippen LogP contribution in [0.25, 0.3) is 0 Å². The number of amides is 1. The van der Waals surface area contributed by atoms with E-state index < -0.39 is 0 Å². The molecule has 3 fully saturated rings. The molecule has 2 bridgehead atoms. The fourth-order valence-electron chi connectivity index (χ4n) is 4.09. The number of carbonyl (C=O) groups excluding carboxylic acids is 1. The predicted octanol–water partition coefficient (Wildman–Crippen LogP) is 0.744. The van der Waals surface area contributed by atoms with Gasteiger partial charge >= 0.3 is 0 Å². The average molecular weight is 295 g/mol. The quantitative estimate of drug-likeness (QED) is 0.786. The average Bonchev–Trinajstić information content (AvgIpc) is 2.84. The smallest absolute Gasteiger partial charge is 0.220 e. The molecule has 0 aromatic rings. The van der Waals surface area contributed by atoms with Crippen LogP contribution < -0.4 is 10.6 Å². The fourth-order valence-corrected chi connectivity index (χ4v) is 4.09. The summed E-state index contributed by atoms with van der Waals surface area (Å²) in [5.74, 6) is 0.823. The molecule has 3 aliphatic heterocycles. The standard InChI is InChI=1S/C16H29N3O2/c1-12(19-4-6-21-7-5-19)11-17-16(20)10-13-8-14-2-3-15(9-13)18-14/h12-15,18H,2-11H2,1H3,(H,17,20). The van der Waals surface area contributed by atoms with Crippen LogP contribution in [0.2, 0.25) is 0 Å². The molecule has 120 valence electrons. The Bertz CT molecular complexity index is 345. The van der Waals surface area contributed by atoms with Gasteiger partial charge in [-0.3, -0.25) is 9.69 Å². The molecule has 2 N–H and O–H groups in total. The number of hydrogen-bond acceptors (Lipinski definition) is 4. The van der Waals surface area contributed by atoms with Crippen molar-refractivity contribution in [3.8, 4) is 0 Å². The summed E-state index contributed by atoms with van der Waals surface area (Å²) < 4.78 is 5.37. The van der Waals surface area contributed by atoms with E-state index in [1.807, 2.05) is 0 Å². The number of fused-ring (bicyclic) bond motifs is 2. The van der Waals surface area contributed by atoms with Gasteiger partial charge in [0.15, 0.2) is 0 Å². The van der Waals surface area contributed by atoms with Crippen LogP contribution in [-0.2, 0) is 9.53 Å². The minimum Gasteiger partial charge on any atom is -0.379 e. The molecule has 3 aliphatic rings. The van der Waals surface area contributed by atoms with Crippen molar-refractivity contribution in [3.05, 3.63) is 0 Å². The molecule has 0 aliphatic carbocycles. The highest BCUT2D eigenvalue weighted by Crippen LogP contribution is 2.32. The van der Waals surface area contributed by atoms with Gasteiger partial charge in [-0.25, -0.2) is 0 Å². The molecule has 3 heterocycles. The number of piperidine rings is 1. The van der Waals surface area contributed by atoms with Gasteiger partial charge in [0.25, 0.3) is 0 Å². The largest absolute Gasteiger partial charge is 0.379 e. The zero-order valence-corrected chi connectivity index (χ0v) is 13.1. The van der Waals surface area contributed by atoms with Gasteiger partial charge in [-0.05, 0) is 38.5 Å². The van der Waals surface area contributed by atoms with E-state index >= 15 is 0 Å². The van der Waals surface area contributed by atoms with Crippen molar-refractivity contribution in [2.24, 2.45) is 5.92 Å². The minimum absolute atomic E-state index is 0.237. The minimum atomic E-state index is 0.237. The maximum absolute atomic E-state index is 12.2. The number of ether oxygens (including phenoxy) is 1. The fraction of sp³-hybridized carbons (Fsp3) is 0.938. The molecule has 0 radical (unpaired) electrons. The summed E-state index contributed by atoms with van der Waals surface area (Å²) in [5, 5.41) is 6.77. The van der Waals surface area contributed by atoms with Gasteiger partial charge in [0, 0.05) is 44.2 Å². The highest BCUT2D eigenvalue weighted by molar-refractivity contribution is 5.76. The zero-order valence-electron chi connectivity index (χ0n) is 13.1. The van der Waals surface area contributed by atoms with Crippen molar-refractivity contribution in [2.75, 3.05) is 32.8 Å². The lowest BCUT2D eigenvalue weighted by atomic mass is 9.89. The lowest BCUT2D eigenvalue weighted by Gasteiger charge is -2.32. The molecule has 0 aromatic heterocycles. The van der Waals surface area contributed by atoms with Gasteiger partial charge in [-0.2, -0.15) is 0 Å². The number of carbonyl (C=O) groups is 1. The molecule has 0 aromatic carbocycles. The first-order chi connectivity index (χ1) is 10.2. The third kappa shape index (κ3) is 4.18. The van der Waals surface area contributed by atoms with Gasteiger partial charge < -0.3 is 15.4 Å². The molecule has 0 spiro atoms. The molecule has 3 unspecified atom stereocenters. The number of rotatable bonds is 5. The molecule has 5 heteroatoms. The Kier molecular flexibility index (Phi) is 5.14. The number of nitrogens with one attached hydrogen (secondary N) is 2. The first-order valence-corrected chi connectivity index (χ1v) is 8.55. The van der Waals surface area contributed by atoms with Crippen LogP contribution in [0.4, 0.5) is 0 Å². The van der Waals surface area contributed by atoms with Crippen molar-refractivity contribution in [1.82, 2.24) is 15.5 Å². The Balaban J connectivity index is 1.36.